The van der Waals surface area contributed by atoms with Gasteiger partial charge in [0.05, 0.1) is 24.1 Å². The van der Waals surface area contributed by atoms with E-state index in [1.165, 1.54) is 0 Å². The van der Waals surface area contributed by atoms with E-state index >= 15 is 0 Å². The lowest BCUT2D eigenvalue weighted by atomic mass is 10.2. The Kier molecular flexibility index (Phi) is 4.19. The third-order valence-corrected chi connectivity index (χ3v) is 4.06. The molecule has 0 bridgehead atoms. The quantitative estimate of drug-likeness (QED) is 0.794. The van der Waals surface area contributed by atoms with Gasteiger partial charge in [0, 0.05) is 16.9 Å². The number of fused-ring (bicyclic) bond motifs is 1. The monoisotopic (exact) mass is 323 g/mol. The topological polar surface area (TPSA) is 48.3 Å². The van der Waals surface area contributed by atoms with E-state index in [0.29, 0.717) is 17.9 Å². The summed E-state index contributed by atoms with van der Waals surface area (Å²) in [6.07, 6.45) is -1.49. The Morgan fingerprint density at radius 1 is 1.40 bits per heavy atom. The minimum absolute atomic E-state index is 0.223. The molecule has 0 saturated heterocycles. The molecule has 20 heavy (non-hydrogen) atoms. The third kappa shape index (κ3) is 2.88. The van der Waals surface area contributed by atoms with Crippen LogP contribution in [-0.4, -0.2) is 26.0 Å². The molecule has 110 valence electrons. The molecule has 0 aliphatic heterocycles. The lowest BCUT2D eigenvalue weighted by Gasteiger charge is -2.07. The van der Waals surface area contributed by atoms with E-state index < -0.39 is 22.0 Å². The second kappa shape index (κ2) is 5.57. The summed E-state index contributed by atoms with van der Waals surface area (Å²) in [5.74, 6) is 0.303. The molecule has 1 aromatic carbocycles. The predicted octanol–water partition coefficient (Wildman–Crippen LogP) is 3.23. The molecule has 0 aliphatic rings. The Hall–Kier alpha value is -1.34. The summed E-state index contributed by atoms with van der Waals surface area (Å²) in [4.78, 5) is -0.223. The van der Waals surface area contributed by atoms with Gasteiger partial charge in [-0.05, 0) is 19.1 Å². The number of hydrogen-bond donors (Lipinski definition) is 0. The molecule has 1 aromatic heterocycles. The Morgan fingerprint density at radius 2 is 2.10 bits per heavy atom. The molecule has 2 aromatic rings. The highest BCUT2D eigenvalue weighted by Crippen LogP contribution is 2.35. The maximum Gasteiger partial charge on any atom is 0.263 e. The average molecular weight is 324 g/mol. The number of nitrogens with zero attached hydrogens (tertiary/aromatic N) is 1. The fourth-order valence-corrected chi connectivity index (χ4v) is 3.10. The average Bonchev–Trinajstić information content (AvgIpc) is 2.69. The third-order valence-electron chi connectivity index (χ3n) is 2.73. The SMILES string of the molecule is CCOc1cccc2c1c(S(=O)(=O)Cl)cn2CC(F)F. The molecule has 0 aliphatic carbocycles. The summed E-state index contributed by atoms with van der Waals surface area (Å²) < 4.78 is 54.9. The van der Waals surface area contributed by atoms with Crippen molar-refractivity contribution in [2.24, 2.45) is 0 Å². The molecule has 2 rings (SSSR count). The number of hydrogen-bond acceptors (Lipinski definition) is 3. The number of halogens is 3. The van der Waals surface area contributed by atoms with Gasteiger partial charge in [0.15, 0.2) is 0 Å². The summed E-state index contributed by atoms with van der Waals surface area (Å²) in [7, 11) is 1.32. The van der Waals surface area contributed by atoms with Crippen molar-refractivity contribution in [2.75, 3.05) is 6.61 Å². The van der Waals surface area contributed by atoms with Crippen LogP contribution in [0.15, 0.2) is 29.3 Å². The zero-order valence-electron chi connectivity index (χ0n) is 10.5. The minimum Gasteiger partial charge on any atom is -0.493 e. The molecule has 0 atom stereocenters. The minimum atomic E-state index is -4.06. The van der Waals surface area contributed by atoms with Gasteiger partial charge in [0.2, 0.25) is 0 Å². The number of rotatable bonds is 5. The van der Waals surface area contributed by atoms with Crippen LogP contribution in [0.25, 0.3) is 10.9 Å². The van der Waals surface area contributed by atoms with Crippen molar-refractivity contribution in [1.82, 2.24) is 4.57 Å². The first kappa shape index (κ1) is 15.1. The van der Waals surface area contributed by atoms with Crippen molar-refractivity contribution in [3.8, 4) is 5.75 Å². The lowest BCUT2D eigenvalue weighted by molar-refractivity contribution is 0.128. The Balaban J connectivity index is 2.77. The fourth-order valence-electron chi connectivity index (χ4n) is 2.04. The van der Waals surface area contributed by atoms with E-state index in [1.807, 2.05) is 0 Å². The smallest absolute Gasteiger partial charge is 0.263 e. The molecule has 0 unspecified atom stereocenters. The van der Waals surface area contributed by atoms with Crippen LogP contribution in [0.3, 0.4) is 0 Å². The van der Waals surface area contributed by atoms with Gasteiger partial charge in [-0.15, -0.1) is 0 Å². The van der Waals surface area contributed by atoms with Crippen molar-refractivity contribution in [1.29, 1.82) is 0 Å². The first-order chi connectivity index (χ1) is 9.34. The number of benzene rings is 1. The zero-order chi connectivity index (χ0) is 14.9. The van der Waals surface area contributed by atoms with Gasteiger partial charge in [-0.1, -0.05) is 6.07 Å². The largest absolute Gasteiger partial charge is 0.493 e. The van der Waals surface area contributed by atoms with Crippen LogP contribution in [0.5, 0.6) is 5.75 Å². The Bertz CT molecular complexity index is 728. The van der Waals surface area contributed by atoms with Gasteiger partial charge in [0.1, 0.15) is 10.6 Å². The van der Waals surface area contributed by atoms with E-state index in [9.17, 15) is 17.2 Å². The van der Waals surface area contributed by atoms with Crippen LogP contribution in [0.2, 0.25) is 0 Å². The van der Waals surface area contributed by atoms with E-state index in [2.05, 4.69) is 0 Å². The second-order valence-electron chi connectivity index (χ2n) is 4.06. The predicted molar refractivity (Wildman–Crippen MR) is 72.1 cm³/mol. The molecule has 0 saturated carbocycles. The highest BCUT2D eigenvalue weighted by molar-refractivity contribution is 8.14. The highest BCUT2D eigenvalue weighted by atomic mass is 35.7. The molecular weight excluding hydrogens is 312 g/mol. The summed E-state index contributed by atoms with van der Waals surface area (Å²) >= 11 is 0. The maximum absolute atomic E-state index is 12.6. The number of aromatic nitrogens is 1. The fraction of sp³-hybridized carbons (Fsp3) is 0.333. The van der Waals surface area contributed by atoms with Crippen LogP contribution < -0.4 is 4.74 Å². The molecule has 8 heteroatoms. The lowest BCUT2D eigenvalue weighted by Crippen LogP contribution is -2.05. The van der Waals surface area contributed by atoms with Crippen LogP contribution in [0.4, 0.5) is 8.78 Å². The molecule has 0 amide bonds. The normalized spacial score (nSPS) is 12.2. The van der Waals surface area contributed by atoms with Gasteiger partial charge < -0.3 is 9.30 Å². The first-order valence-corrected chi connectivity index (χ1v) is 8.13. The molecule has 0 fully saturated rings. The first-order valence-electron chi connectivity index (χ1n) is 5.82. The van der Waals surface area contributed by atoms with Crippen molar-refractivity contribution in [3.63, 3.8) is 0 Å². The van der Waals surface area contributed by atoms with Crippen molar-refractivity contribution < 1.29 is 21.9 Å². The summed E-state index contributed by atoms with van der Waals surface area (Å²) in [5.41, 5.74) is 0.343. The number of alkyl halides is 2. The molecule has 4 nitrogen and oxygen atoms in total. The van der Waals surface area contributed by atoms with Crippen molar-refractivity contribution in [3.05, 3.63) is 24.4 Å². The summed E-state index contributed by atoms with van der Waals surface area (Å²) in [6.45, 7) is 1.45. The van der Waals surface area contributed by atoms with Gasteiger partial charge in [-0.3, -0.25) is 0 Å². The van der Waals surface area contributed by atoms with E-state index in [-0.39, 0.29) is 10.3 Å². The van der Waals surface area contributed by atoms with E-state index in [4.69, 9.17) is 15.4 Å². The van der Waals surface area contributed by atoms with Crippen LogP contribution in [0, 0.1) is 0 Å². The second-order valence-corrected chi connectivity index (χ2v) is 6.59. The zero-order valence-corrected chi connectivity index (χ0v) is 12.1. The Morgan fingerprint density at radius 3 is 2.65 bits per heavy atom. The highest BCUT2D eigenvalue weighted by Gasteiger charge is 2.23. The molecule has 0 radical (unpaired) electrons. The molecular formula is C12H12ClF2NO3S. The van der Waals surface area contributed by atoms with E-state index in [1.54, 1.807) is 25.1 Å². The molecule has 0 spiro atoms. The van der Waals surface area contributed by atoms with Crippen molar-refractivity contribution in [2.45, 2.75) is 24.8 Å². The number of ether oxygens (including phenoxy) is 1. The van der Waals surface area contributed by atoms with Gasteiger partial charge in [0.25, 0.3) is 15.5 Å². The molecule has 1 heterocycles. The van der Waals surface area contributed by atoms with Gasteiger partial charge in [-0.25, -0.2) is 17.2 Å². The molecule has 0 N–H and O–H groups in total. The maximum atomic E-state index is 12.6. The van der Waals surface area contributed by atoms with Crippen LogP contribution in [0.1, 0.15) is 6.92 Å². The summed E-state index contributed by atoms with van der Waals surface area (Å²) in [5, 5.41) is 0.227. The van der Waals surface area contributed by atoms with Crippen LogP contribution >= 0.6 is 10.7 Å². The summed E-state index contributed by atoms with van der Waals surface area (Å²) in [6, 6.07) is 4.73. The van der Waals surface area contributed by atoms with Crippen molar-refractivity contribution >= 4 is 30.6 Å². The van der Waals surface area contributed by atoms with Gasteiger partial charge in [-0.2, -0.15) is 0 Å². The Labute approximate surface area is 119 Å². The van der Waals surface area contributed by atoms with E-state index in [0.717, 1.165) is 10.8 Å². The standard InChI is InChI=1S/C12H12ClF2NO3S/c1-2-19-9-5-3-4-8-12(9)10(20(13,17)18)6-16(8)7-11(14)15/h3-6,11H,2,7H2,1H3. The van der Waals surface area contributed by atoms with Gasteiger partial charge >= 0.3 is 0 Å². The van der Waals surface area contributed by atoms with Crippen LogP contribution in [-0.2, 0) is 15.6 Å².